The average Bonchev–Trinajstić information content (AvgIpc) is 3.19. The van der Waals surface area contributed by atoms with Crippen molar-refractivity contribution in [2.24, 2.45) is 0 Å². The zero-order valence-corrected chi connectivity index (χ0v) is 14.0. The number of piperidine rings is 1. The van der Waals surface area contributed by atoms with E-state index >= 15 is 0 Å². The third-order valence-corrected chi connectivity index (χ3v) is 5.52. The first-order chi connectivity index (χ1) is 11.4. The fourth-order valence-electron chi connectivity index (χ4n) is 4.32. The Kier molecular flexibility index (Phi) is 4.31. The smallest absolute Gasteiger partial charge is 0.160 e. The molecule has 0 amide bonds. The molecule has 0 saturated carbocycles. The molecule has 2 fully saturated rings. The lowest BCUT2D eigenvalue weighted by molar-refractivity contribution is 0.258. The lowest BCUT2D eigenvalue weighted by Gasteiger charge is -2.28. The minimum absolute atomic E-state index is 0.544. The number of likely N-dealkylation sites (tertiary alicyclic amines) is 1. The summed E-state index contributed by atoms with van der Waals surface area (Å²) >= 11 is 0. The summed E-state index contributed by atoms with van der Waals surface area (Å²) in [5.41, 5.74) is 2.14. The SMILES string of the molecule is CCN1CCCC1Cc1nc2cccnc2n1C1CCNCC1. The maximum Gasteiger partial charge on any atom is 0.160 e. The van der Waals surface area contributed by atoms with Gasteiger partial charge in [0.25, 0.3) is 0 Å². The first kappa shape index (κ1) is 15.1. The van der Waals surface area contributed by atoms with Gasteiger partial charge in [0.05, 0.1) is 0 Å². The van der Waals surface area contributed by atoms with Crippen LogP contribution in [0.3, 0.4) is 0 Å². The Morgan fingerprint density at radius 2 is 2.13 bits per heavy atom. The number of rotatable bonds is 4. The second-order valence-electron chi connectivity index (χ2n) is 6.85. The molecule has 2 aliphatic rings. The molecule has 2 aliphatic heterocycles. The van der Waals surface area contributed by atoms with Gasteiger partial charge in [-0.3, -0.25) is 0 Å². The molecular weight excluding hydrogens is 286 g/mol. The largest absolute Gasteiger partial charge is 0.317 e. The minimum atomic E-state index is 0.544. The summed E-state index contributed by atoms with van der Waals surface area (Å²) in [5.74, 6) is 1.25. The molecule has 1 unspecified atom stereocenters. The molecular formula is C18H27N5. The fourth-order valence-corrected chi connectivity index (χ4v) is 4.32. The van der Waals surface area contributed by atoms with E-state index in [0.717, 1.165) is 37.2 Å². The van der Waals surface area contributed by atoms with E-state index in [0.29, 0.717) is 12.1 Å². The zero-order valence-electron chi connectivity index (χ0n) is 14.0. The molecule has 1 N–H and O–H groups in total. The van der Waals surface area contributed by atoms with Gasteiger partial charge < -0.3 is 14.8 Å². The molecule has 2 saturated heterocycles. The van der Waals surface area contributed by atoms with Crippen molar-refractivity contribution in [1.82, 2.24) is 24.8 Å². The summed E-state index contributed by atoms with van der Waals surface area (Å²) in [6.07, 6.45) is 7.95. The van der Waals surface area contributed by atoms with Crippen molar-refractivity contribution < 1.29 is 0 Å². The first-order valence-electron chi connectivity index (χ1n) is 9.13. The van der Waals surface area contributed by atoms with Crippen LogP contribution in [-0.4, -0.2) is 51.7 Å². The lowest BCUT2D eigenvalue weighted by Crippen LogP contribution is -2.33. The van der Waals surface area contributed by atoms with Crippen LogP contribution in [0, 0.1) is 0 Å². The van der Waals surface area contributed by atoms with Gasteiger partial charge in [-0.2, -0.15) is 0 Å². The highest BCUT2D eigenvalue weighted by Gasteiger charge is 2.28. The zero-order chi connectivity index (χ0) is 15.6. The van der Waals surface area contributed by atoms with Gasteiger partial charge in [0.15, 0.2) is 5.65 Å². The average molecular weight is 313 g/mol. The standard InChI is InChI=1S/C18H27N5/c1-2-22-12-4-5-15(22)13-17-21-16-6-3-9-20-18(16)23(17)14-7-10-19-11-8-14/h3,6,9,14-15,19H,2,4-5,7-8,10-13H2,1H3. The van der Waals surface area contributed by atoms with Crippen LogP contribution in [0.25, 0.3) is 11.2 Å². The van der Waals surface area contributed by atoms with E-state index in [1.54, 1.807) is 0 Å². The summed E-state index contributed by atoms with van der Waals surface area (Å²) in [5, 5.41) is 3.47. The number of nitrogens with one attached hydrogen (secondary N) is 1. The molecule has 4 rings (SSSR count). The first-order valence-corrected chi connectivity index (χ1v) is 9.13. The number of hydrogen-bond donors (Lipinski definition) is 1. The normalized spacial score (nSPS) is 23.8. The number of pyridine rings is 1. The Morgan fingerprint density at radius 3 is 2.96 bits per heavy atom. The Bertz CT molecular complexity index is 658. The van der Waals surface area contributed by atoms with Gasteiger partial charge in [-0.15, -0.1) is 0 Å². The van der Waals surface area contributed by atoms with Crippen molar-refractivity contribution in [3.05, 3.63) is 24.2 Å². The van der Waals surface area contributed by atoms with E-state index < -0.39 is 0 Å². The van der Waals surface area contributed by atoms with E-state index in [2.05, 4.69) is 32.8 Å². The molecule has 124 valence electrons. The Labute approximate surface area is 138 Å². The van der Waals surface area contributed by atoms with Crippen molar-refractivity contribution in [3.8, 4) is 0 Å². The third kappa shape index (κ3) is 2.88. The maximum atomic E-state index is 4.97. The van der Waals surface area contributed by atoms with Crippen LogP contribution in [0.15, 0.2) is 18.3 Å². The summed E-state index contributed by atoms with van der Waals surface area (Å²) < 4.78 is 2.46. The van der Waals surface area contributed by atoms with Crippen molar-refractivity contribution in [2.45, 2.75) is 51.1 Å². The summed E-state index contributed by atoms with van der Waals surface area (Å²) in [4.78, 5) is 12.2. The van der Waals surface area contributed by atoms with Crippen molar-refractivity contribution in [1.29, 1.82) is 0 Å². The van der Waals surface area contributed by atoms with Crippen molar-refractivity contribution >= 4 is 11.2 Å². The van der Waals surface area contributed by atoms with Crippen LogP contribution in [0.5, 0.6) is 0 Å². The lowest BCUT2D eigenvalue weighted by atomic mass is 10.1. The number of hydrogen-bond acceptors (Lipinski definition) is 4. The highest BCUT2D eigenvalue weighted by molar-refractivity contribution is 5.71. The maximum absolute atomic E-state index is 4.97. The van der Waals surface area contributed by atoms with Gasteiger partial charge in [0.1, 0.15) is 11.3 Å². The fraction of sp³-hybridized carbons (Fsp3) is 0.667. The number of aromatic nitrogens is 3. The number of nitrogens with zero attached hydrogens (tertiary/aromatic N) is 4. The van der Waals surface area contributed by atoms with Gasteiger partial charge in [-0.25, -0.2) is 9.97 Å². The quantitative estimate of drug-likeness (QED) is 0.941. The highest BCUT2D eigenvalue weighted by atomic mass is 15.2. The van der Waals surface area contributed by atoms with Crippen LogP contribution in [0.1, 0.15) is 44.5 Å². The Hall–Kier alpha value is -1.46. The molecule has 0 radical (unpaired) electrons. The van der Waals surface area contributed by atoms with Gasteiger partial charge in [-0.1, -0.05) is 6.92 Å². The molecule has 2 aromatic heterocycles. The molecule has 1 atom stereocenters. The van der Waals surface area contributed by atoms with E-state index in [1.807, 2.05) is 12.3 Å². The van der Waals surface area contributed by atoms with E-state index in [-0.39, 0.29) is 0 Å². The van der Waals surface area contributed by atoms with Gasteiger partial charge >= 0.3 is 0 Å². The molecule has 0 spiro atoms. The van der Waals surface area contributed by atoms with Crippen molar-refractivity contribution in [2.75, 3.05) is 26.2 Å². The van der Waals surface area contributed by atoms with Gasteiger partial charge in [0.2, 0.25) is 0 Å². The van der Waals surface area contributed by atoms with Crippen LogP contribution in [-0.2, 0) is 6.42 Å². The monoisotopic (exact) mass is 313 g/mol. The third-order valence-electron chi connectivity index (χ3n) is 5.52. The number of likely N-dealkylation sites (N-methyl/N-ethyl adjacent to an activating group) is 1. The van der Waals surface area contributed by atoms with Crippen LogP contribution in [0.4, 0.5) is 0 Å². The minimum Gasteiger partial charge on any atom is -0.317 e. The van der Waals surface area contributed by atoms with Gasteiger partial charge in [-0.05, 0) is 64.0 Å². The van der Waals surface area contributed by atoms with E-state index in [1.165, 1.54) is 38.1 Å². The van der Waals surface area contributed by atoms with Crippen molar-refractivity contribution in [3.63, 3.8) is 0 Å². The number of fused-ring (bicyclic) bond motifs is 1. The second-order valence-corrected chi connectivity index (χ2v) is 6.85. The molecule has 5 heteroatoms. The molecule has 2 aromatic rings. The molecule has 0 bridgehead atoms. The predicted molar refractivity (Wildman–Crippen MR) is 92.6 cm³/mol. The van der Waals surface area contributed by atoms with E-state index in [4.69, 9.17) is 4.98 Å². The molecule has 4 heterocycles. The molecule has 5 nitrogen and oxygen atoms in total. The number of imidazole rings is 1. The summed E-state index contributed by atoms with van der Waals surface area (Å²) in [6.45, 7) is 6.86. The van der Waals surface area contributed by atoms with Gasteiger partial charge in [0, 0.05) is 24.7 Å². The van der Waals surface area contributed by atoms with E-state index in [9.17, 15) is 0 Å². The summed E-state index contributed by atoms with van der Waals surface area (Å²) in [6, 6.07) is 5.30. The predicted octanol–water partition coefficient (Wildman–Crippen LogP) is 2.38. The molecule has 23 heavy (non-hydrogen) atoms. The summed E-state index contributed by atoms with van der Waals surface area (Å²) in [7, 11) is 0. The highest BCUT2D eigenvalue weighted by Crippen LogP contribution is 2.28. The topological polar surface area (TPSA) is 46.0 Å². The Balaban J connectivity index is 1.69. The Morgan fingerprint density at radius 1 is 1.26 bits per heavy atom. The van der Waals surface area contributed by atoms with Crippen LogP contribution in [0.2, 0.25) is 0 Å². The second kappa shape index (κ2) is 6.57. The molecule has 0 aliphatic carbocycles. The van der Waals surface area contributed by atoms with Crippen LogP contribution >= 0.6 is 0 Å². The molecule has 0 aromatic carbocycles. The van der Waals surface area contributed by atoms with Crippen LogP contribution < -0.4 is 5.32 Å².